The van der Waals surface area contributed by atoms with E-state index < -0.39 is 0 Å². The molecule has 14 aromatic rings. The van der Waals surface area contributed by atoms with Crippen LogP contribution in [-0.2, 0) is 0 Å². The lowest BCUT2D eigenvalue weighted by atomic mass is 9.33. The van der Waals surface area contributed by atoms with E-state index in [2.05, 4.69) is 231 Å². The Morgan fingerprint density at radius 1 is 0.378 bits per heavy atom. The summed E-state index contributed by atoms with van der Waals surface area (Å²) >= 11 is 7.38. The second kappa shape index (κ2) is 20.1. The smallest absolute Gasteiger partial charge is 0.257 e. The van der Waals surface area contributed by atoms with Crippen LogP contribution in [0.1, 0.15) is 11.4 Å². The highest BCUT2D eigenvalue weighted by molar-refractivity contribution is 7.01. The Hall–Kier alpha value is -10.3. The lowest BCUT2D eigenvalue weighted by Gasteiger charge is -2.43. The Balaban J connectivity index is 0.000000140. The molecule has 0 saturated carbocycles. The zero-order valence-electron chi connectivity index (χ0n) is 44.9. The van der Waals surface area contributed by atoms with E-state index in [1.165, 1.54) is 33.5 Å². The van der Waals surface area contributed by atoms with Gasteiger partial charge in [0.1, 0.15) is 11.2 Å². The van der Waals surface area contributed by atoms with Gasteiger partial charge in [-0.1, -0.05) is 133 Å². The van der Waals surface area contributed by atoms with Crippen LogP contribution in [0.2, 0.25) is 5.02 Å². The van der Waals surface area contributed by atoms with Gasteiger partial charge in [0.2, 0.25) is 11.4 Å². The summed E-state index contributed by atoms with van der Waals surface area (Å²) in [6, 6.07) is 92.9. The summed E-state index contributed by atoms with van der Waals surface area (Å²) in [5.41, 5.74) is 21.3. The molecule has 6 heterocycles. The van der Waals surface area contributed by atoms with Gasteiger partial charge in [0.25, 0.3) is 6.71 Å². The first-order valence-corrected chi connectivity index (χ1v) is 27.9. The Bertz CT molecular complexity index is 4660. The molecule has 0 N–H and O–H groups in total. The number of rotatable bonds is 8. The minimum atomic E-state index is -0.00214. The number of pyridine rings is 2. The zero-order chi connectivity index (χ0) is 54.8. The van der Waals surface area contributed by atoms with Gasteiger partial charge in [0.05, 0.1) is 16.4 Å². The third-order valence-electron chi connectivity index (χ3n) is 15.7. The molecule has 8 nitrogen and oxygen atoms in total. The Morgan fingerprint density at radius 2 is 0.817 bits per heavy atom. The van der Waals surface area contributed by atoms with Crippen LogP contribution in [0.5, 0.6) is 0 Å². The molecule has 2 aliphatic rings. The molecule has 2 aliphatic heterocycles. The Morgan fingerprint density at radius 3 is 1.40 bits per heavy atom. The molecule has 0 atom stereocenters. The molecule has 0 fully saturated rings. The summed E-state index contributed by atoms with van der Waals surface area (Å²) in [4.78, 5) is 18.5. The van der Waals surface area contributed by atoms with Gasteiger partial charge >= 0.3 is 0 Å². The van der Waals surface area contributed by atoms with E-state index in [4.69, 9.17) is 25.4 Å². The molecule has 0 radical (unpaired) electrons. The van der Waals surface area contributed by atoms with Gasteiger partial charge in [0.15, 0.2) is 0 Å². The number of aryl methyl sites for hydroxylation is 2. The summed E-state index contributed by atoms with van der Waals surface area (Å²) in [7, 11) is 0. The Kier molecular flexibility index (Phi) is 11.9. The van der Waals surface area contributed by atoms with Crippen molar-refractivity contribution in [3.8, 4) is 0 Å². The number of furan rings is 2. The summed E-state index contributed by atoms with van der Waals surface area (Å²) in [6.07, 6.45) is 0. The van der Waals surface area contributed by atoms with E-state index in [0.717, 1.165) is 95.3 Å². The molecule has 0 unspecified atom stereocenters. The van der Waals surface area contributed by atoms with Crippen molar-refractivity contribution in [2.75, 3.05) is 19.6 Å². The monoisotopic (exact) mass is 1080 g/mol. The van der Waals surface area contributed by atoms with Crippen molar-refractivity contribution in [1.82, 2.24) is 9.97 Å². The first-order valence-electron chi connectivity index (χ1n) is 27.5. The third-order valence-corrected chi connectivity index (χ3v) is 16.1. The summed E-state index contributed by atoms with van der Waals surface area (Å²) < 4.78 is 12.9. The molecule has 0 bridgehead atoms. The molecule has 0 spiro atoms. The zero-order valence-corrected chi connectivity index (χ0v) is 45.6. The fourth-order valence-corrected chi connectivity index (χ4v) is 12.5. The number of benzene rings is 10. The highest BCUT2D eigenvalue weighted by atomic mass is 35.5. The van der Waals surface area contributed by atoms with Gasteiger partial charge in [-0.15, -0.1) is 0 Å². The predicted molar refractivity (Wildman–Crippen MR) is 341 cm³/mol. The largest absolute Gasteiger partial charge is 0.438 e. The van der Waals surface area contributed by atoms with Crippen molar-refractivity contribution in [3.05, 3.63) is 283 Å². The molecule has 10 heteroatoms. The number of nitrogens with zero attached hydrogens (tertiary/aromatic N) is 6. The standard InChI is InChI=1S/C36H24BN3O.C36H26ClN3O/c1-23-19-20-27-26-21-22-32-34(35(26)41-36(27)38-23)37-28-15-8-9-16-29(28)39(24-11-4-2-5-12-24)30-17-10-18-31(33(30)37)40(32)25-13-6-3-7-14-25;1-25-20-22-31-30-23-21-29(24-34(30)41-36(31)38-25)40(28-16-9-4-10-17-28)33-19-11-18-32(35(33)37)39(26-12-5-2-6-13-26)27-14-7-3-8-15-27/h2-22H,1H3;2-24H,1H3. The van der Waals surface area contributed by atoms with E-state index in [1.807, 2.05) is 74.5 Å². The molecule has 82 heavy (non-hydrogen) atoms. The fourth-order valence-electron chi connectivity index (χ4n) is 12.2. The van der Waals surface area contributed by atoms with Crippen LogP contribution in [-0.4, -0.2) is 16.7 Å². The molecule has 0 saturated heterocycles. The minimum Gasteiger partial charge on any atom is -0.438 e. The van der Waals surface area contributed by atoms with Gasteiger partial charge in [-0.2, -0.15) is 0 Å². The van der Waals surface area contributed by atoms with Crippen LogP contribution in [0.4, 0.5) is 68.2 Å². The predicted octanol–water partition coefficient (Wildman–Crippen LogP) is 18.3. The first-order chi connectivity index (χ1) is 40.4. The summed E-state index contributed by atoms with van der Waals surface area (Å²) in [5, 5.41) is 4.82. The van der Waals surface area contributed by atoms with Crippen LogP contribution < -0.4 is 36.0 Å². The number of aromatic nitrogens is 2. The van der Waals surface area contributed by atoms with E-state index in [1.54, 1.807) is 0 Å². The van der Waals surface area contributed by atoms with Gasteiger partial charge in [-0.05, 0) is 170 Å². The van der Waals surface area contributed by atoms with E-state index in [-0.39, 0.29) is 6.71 Å². The van der Waals surface area contributed by atoms with Crippen LogP contribution in [0.25, 0.3) is 44.1 Å². The summed E-state index contributed by atoms with van der Waals surface area (Å²) in [5.74, 6) is 0. The molecular weight excluding hydrogens is 1030 g/mol. The number of halogens is 1. The van der Waals surface area contributed by atoms with Gasteiger partial charge < -0.3 is 28.4 Å². The van der Waals surface area contributed by atoms with E-state index in [0.29, 0.717) is 16.4 Å². The van der Waals surface area contributed by atoms with Gasteiger partial charge in [0, 0.05) is 95.9 Å². The Labute approximate surface area is 480 Å². The van der Waals surface area contributed by atoms with Crippen molar-refractivity contribution < 1.29 is 8.83 Å². The van der Waals surface area contributed by atoms with Crippen molar-refractivity contribution in [3.63, 3.8) is 0 Å². The average molecular weight is 1080 g/mol. The maximum atomic E-state index is 7.38. The molecular formula is C72H50BClN6O2. The van der Waals surface area contributed by atoms with Crippen molar-refractivity contribution in [1.29, 1.82) is 0 Å². The maximum absolute atomic E-state index is 7.38. The van der Waals surface area contributed by atoms with Crippen molar-refractivity contribution in [2.45, 2.75) is 13.8 Å². The molecule has 10 aromatic carbocycles. The second-order valence-corrected chi connectivity index (χ2v) is 21.1. The van der Waals surface area contributed by atoms with Crippen LogP contribution >= 0.6 is 11.6 Å². The van der Waals surface area contributed by atoms with Crippen LogP contribution in [0.15, 0.2) is 276 Å². The van der Waals surface area contributed by atoms with Crippen LogP contribution in [0.3, 0.4) is 0 Å². The summed E-state index contributed by atoms with van der Waals surface area (Å²) in [6.45, 7) is 3.98. The number of para-hydroxylation sites is 6. The van der Waals surface area contributed by atoms with Crippen LogP contribution in [0, 0.1) is 13.8 Å². The second-order valence-electron chi connectivity index (χ2n) is 20.7. The van der Waals surface area contributed by atoms with Gasteiger partial charge in [-0.3, -0.25) is 0 Å². The third kappa shape index (κ3) is 8.15. The molecule has 4 aromatic heterocycles. The highest BCUT2D eigenvalue weighted by Gasteiger charge is 2.45. The molecule has 16 rings (SSSR count). The van der Waals surface area contributed by atoms with Crippen molar-refractivity contribution in [2.24, 2.45) is 0 Å². The van der Waals surface area contributed by atoms with E-state index in [9.17, 15) is 0 Å². The number of fused-ring (bicyclic) bond motifs is 11. The molecule has 390 valence electrons. The lowest BCUT2D eigenvalue weighted by Crippen LogP contribution is -2.61. The SMILES string of the molecule is Cc1ccc2c(n1)oc1c3c(ccc12)N(c1ccccc1)c1cccc2c1B3c1ccccc1N2c1ccccc1.Cc1ccc2c(n1)oc1cc(N(c3ccccc3)c3cccc(N(c4ccccc4)c4ccccc4)c3Cl)ccc12. The molecule has 0 amide bonds. The first kappa shape index (κ1) is 48.8. The highest BCUT2D eigenvalue weighted by Crippen LogP contribution is 2.49. The average Bonchev–Trinajstić information content (AvgIpc) is 1.40. The number of hydrogen-bond donors (Lipinski definition) is 0. The number of hydrogen-bond acceptors (Lipinski definition) is 8. The lowest BCUT2D eigenvalue weighted by molar-refractivity contribution is 0.652. The topological polar surface area (TPSA) is 65.0 Å². The molecule has 0 aliphatic carbocycles. The fraction of sp³-hybridized carbons (Fsp3) is 0.0278. The quantitative estimate of drug-likeness (QED) is 0.140. The van der Waals surface area contributed by atoms with E-state index >= 15 is 0 Å². The van der Waals surface area contributed by atoms with Gasteiger partial charge in [-0.25, -0.2) is 9.97 Å². The van der Waals surface area contributed by atoms with Crippen molar-refractivity contribution >= 4 is 147 Å². The minimum absolute atomic E-state index is 0.00214. The maximum Gasteiger partial charge on any atom is 0.257 e. The normalized spacial score (nSPS) is 12.3. The number of anilines is 12.